The van der Waals surface area contributed by atoms with Gasteiger partial charge in [0.25, 0.3) is 11.8 Å². The zero-order valence-electron chi connectivity index (χ0n) is 19.9. The lowest BCUT2D eigenvalue weighted by Gasteiger charge is -2.32. The zero-order valence-corrected chi connectivity index (χ0v) is 20.7. The molecule has 1 heterocycles. The summed E-state index contributed by atoms with van der Waals surface area (Å²) in [5.74, 6) is -2.32. The molecule has 1 aromatic heterocycles. The van der Waals surface area contributed by atoms with Crippen molar-refractivity contribution < 1.29 is 18.8 Å². The molecule has 0 unspecified atom stereocenters. The van der Waals surface area contributed by atoms with E-state index >= 15 is 0 Å². The lowest BCUT2D eigenvalue weighted by molar-refractivity contribution is -0.123. The summed E-state index contributed by atoms with van der Waals surface area (Å²) in [6.07, 6.45) is 4.53. The molecular weight excluding hydrogens is 481 g/mol. The molecule has 0 saturated heterocycles. The van der Waals surface area contributed by atoms with E-state index in [2.05, 4.69) is 9.69 Å². The summed E-state index contributed by atoms with van der Waals surface area (Å²) in [5, 5.41) is 3.07. The topological polar surface area (TPSA) is 131 Å². The molecule has 1 aliphatic rings. The van der Waals surface area contributed by atoms with Gasteiger partial charge in [0.05, 0.1) is 5.69 Å². The number of primary amides is 1. The van der Waals surface area contributed by atoms with Gasteiger partial charge in [-0.1, -0.05) is 44.0 Å². The molecule has 3 amide bonds. The lowest BCUT2D eigenvalue weighted by Crippen LogP contribution is -2.46. The number of hydrogen-bond acceptors (Lipinski definition) is 6. The third kappa shape index (κ3) is 5.23. The van der Waals surface area contributed by atoms with Crippen molar-refractivity contribution in [2.24, 2.45) is 5.73 Å². The van der Waals surface area contributed by atoms with Crippen LogP contribution in [-0.4, -0.2) is 28.1 Å². The Balaban J connectivity index is 1.84. The van der Waals surface area contributed by atoms with Crippen LogP contribution < -0.4 is 21.7 Å². The molecule has 8 nitrogen and oxygen atoms in total. The Labute approximate surface area is 212 Å². The van der Waals surface area contributed by atoms with E-state index in [1.165, 1.54) is 29.2 Å². The van der Waals surface area contributed by atoms with Crippen LogP contribution in [0.2, 0.25) is 0 Å². The van der Waals surface area contributed by atoms with E-state index in [4.69, 9.17) is 11.5 Å². The third-order valence-electron chi connectivity index (χ3n) is 6.39. The van der Waals surface area contributed by atoms with E-state index < -0.39 is 23.7 Å². The number of nitrogen functional groups attached to an aromatic ring is 1. The summed E-state index contributed by atoms with van der Waals surface area (Å²) >= 11 is 0.744. The summed E-state index contributed by atoms with van der Waals surface area (Å²) < 4.78 is 17.7. The molecule has 0 aliphatic heterocycles. The summed E-state index contributed by atoms with van der Waals surface area (Å²) in [4.78, 5) is 40.8. The van der Waals surface area contributed by atoms with Crippen LogP contribution in [0.3, 0.4) is 0 Å². The average molecular weight is 510 g/mol. The predicted molar refractivity (Wildman–Crippen MR) is 137 cm³/mol. The van der Waals surface area contributed by atoms with Crippen molar-refractivity contribution >= 4 is 40.6 Å². The Kier molecular flexibility index (Phi) is 7.64. The number of carbonyl (C=O) groups is 3. The van der Waals surface area contributed by atoms with Crippen LogP contribution in [0.25, 0.3) is 0 Å². The molecule has 1 fully saturated rings. The Morgan fingerprint density at radius 3 is 2.31 bits per heavy atom. The zero-order chi connectivity index (χ0) is 25.8. The van der Waals surface area contributed by atoms with Gasteiger partial charge in [-0.15, -0.1) is 0 Å². The minimum atomic E-state index is -1.12. The summed E-state index contributed by atoms with van der Waals surface area (Å²) in [6.45, 7) is 2.01. The van der Waals surface area contributed by atoms with Crippen molar-refractivity contribution in [2.75, 3.05) is 10.6 Å². The van der Waals surface area contributed by atoms with Crippen LogP contribution in [0.5, 0.6) is 0 Å². The minimum Gasteiger partial charge on any atom is -0.395 e. The fourth-order valence-corrected chi connectivity index (χ4v) is 5.17. The summed E-state index contributed by atoms with van der Waals surface area (Å²) in [7, 11) is 0. The number of benzene rings is 2. The fourth-order valence-electron chi connectivity index (χ4n) is 4.43. The van der Waals surface area contributed by atoms with E-state index in [0.29, 0.717) is 11.3 Å². The number of nitrogens with one attached hydrogen (secondary N) is 1. The number of nitrogens with two attached hydrogens (primary N) is 2. The predicted octanol–water partition coefficient (Wildman–Crippen LogP) is 3.97. The molecule has 36 heavy (non-hydrogen) atoms. The maximum Gasteiger partial charge on any atom is 0.273 e. The number of nitrogens with zero attached hydrogens (tertiary/aromatic N) is 2. The minimum absolute atomic E-state index is 0.00481. The largest absolute Gasteiger partial charge is 0.395 e. The molecule has 0 radical (unpaired) electrons. The Morgan fingerprint density at radius 2 is 1.75 bits per heavy atom. The standard InChI is InChI=1S/C26H28FN5O3S/c1-2-15-7-13-19(14-8-15)32(26(35)23-20(28)21(24(29)33)31-36-23)22(16-9-11-17(27)12-10-16)25(34)30-18-5-3-4-6-18/h7-14,18,22H,2-6,28H2,1H3,(H2,29,33)(H,30,34)/t22-/m1/s1. The van der Waals surface area contributed by atoms with Crippen molar-refractivity contribution in [2.45, 2.75) is 51.1 Å². The molecule has 188 valence electrons. The van der Waals surface area contributed by atoms with Crippen molar-refractivity contribution in [3.63, 3.8) is 0 Å². The van der Waals surface area contributed by atoms with Gasteiger partial charge < -0.3 is 16.8 Å². The van der Waals surface area contributed by atoms with Gasteiger partial charge in [-0.2, -0.15) is 4.37 Å². The number of hydrogen-bond donors (Lipinski definition) is 3. The van der Waals surface area contributed by atoms with Crippen LogP contribution in [0.15, 0.2) is 48.5 Å². The van der Waals surface area contributed by atoms with E-state index in [1.807, 2.05) is 19.1 Å². The lowest BCUT2D eigenvalue weighted by atomic mass is 10.0. The van der Waals surface area contributed by atoms with Crippen molar-refractivity contribution in [3.8, 4) is 0 Å². The third-order valence-corrected chi connectivity index (χ3v) is 7.24. The molecule has 0 bridgehead atoms. The molecular formula is C26H28FN5O3S. The quantitative estimate of drug-likeness (QED) is 0.423. The molecule has 4 rings (SSSR count). The van der Waals surface area contributed by atoms with E-state index in [9.17, 15) is 18.8 Å². The van der Waals surface area contributed by atoms with Crippen molar-refractivity contribution in [1.82, 2.24) is 9.69 Å². The van der Waals surface area contributed by atoms with Gasteiger partial charge in [0.15, 0.2) is 5.69 Å². The van der Waals surface area contributed by atoms with Crippen LogP contribution in [0.1, 0.15) is 69.9 Å². The Morgan fingerprint density at radius 1 is 1.11 bits per heavy atom. The molecule has 1 saturated carbocycles. The molecule has 5 N–H and O–H groups in total. The molecule has 1 atom stereocenters. The summed E-state index contributed by atoms with van der Waals surface area (Å²) in [5.41, 5.74) is 13.0. The number of halogens is 1. The molecule has 2 aromatic carbocycles. The van der Waals surface area contributed by atoms with Crippen LogP contribution >= 0.6 is 11.5 Å². The number of amides is 3. The van der Waals surface area contributed by atoms with Gasteiger partial charge in [0, 0.05) is 11.7 Å². The van der Waals surface area contributed by atoms with Gasteiger partial charge in [-0.3, -0.25) is 19.3 Å². The molecule has 1 aliphatic carbocycles. The average Bonchev–Trinajstić information content (AvgIpc) is 3.52. The number of aryl methyl sites for hydroxylation is 1. The fraction of sp³-hybridized carbons (Fsp3) is 0.308. The number of aromatic nitrogens is 1. The number of carbonyl (C=O) groups excluding carboxylic acids is 3. The second-order valence-electron chi connectivity index (χ2n) is 8.78. The SMILES string of the molecule is CCc1ccc(N(C(=O)c2snc(C(N)=O)c2N)[C@@H](C(=O)NC2CCCC2)c2ccc(F)cc2)cc1. The highest BCUT2D eigenvalue weighted by Gasteiger charge is 2.37. The number of rotatable bonds is 8. The van der Waals surface area contributed by atoms with E-state index in [0.717, 1.165) is 49.2 Å². The molecule has 3 aromatic rings. The number of anilines is 2. The second-order valence-corrected chi connectivity index (χ2v) is 9.55. The van der Waals surface area contributed by atoms with Gasteiger partial charge >= 0.3 is 0 Å². The van der Waals surface area contributed by atoms with Gasteiger partial charge in [-0.25, -0.2) is 4.39 Å². The Bertz CT molecular complexity index is 1250. The van der Waals surface area contributed by atoms with Crippen LogP contribution in [0, 0.1) is 5.82 Å². The Hall–Kier alpha value is -3.79. The summed E-state index contributed by atoms with van der Waals surface area (Å²) in [6, 6.07) is 11.6. The highest BCUT2D eigenvalue weighted by Crippen LogP contribution is 2.34. The van der Waals surface area contributed by atoms with Crippen molar-refractivity contribution in [3.05, 3.63) is 76.0 Å². The van der Waals surface area contributed by atoms with Crippen LogP contribution in [-0.2, 0) is 11.2 Å². The molecule has 10 heteroatoms. The first-order valence-corrected chi connectivity index (χ1v) is 12.6. The van der Waals surface area contributed by atoms with E-state index in [-0.39, 0.29) is 28.2 Å². The molecule has 0 spiro atoms. The smallest absolute Gasteiger partial charge is 0.273 e. The van der Waals surface area contributed by atoms with E-state index in [1.54, 1.807) is 12.1 Å². The maximum atomic E-state index is 14.0. The van der Waals surface area contributed by atoms with Crippen molar-refractivity contribution in [1.29, 1.82) is 0 Å². The maximum absolute atomic E-state index is 14.0. The second kappa shape index (κ2) is 10.9. The van der Waals surface area contributed by atoms with Gasteiger partial charge in [0.2, 0.25) is 5.91 Å². The highest BCUT2D eigenvalue weighted by atomic mass is 32.1. The first kappa shape index (κ1) is 25.3. The van der Waals surface area contributed by atoms with Gasteiger partial charge in [0.1, 0.15) is 16.7 Å². The van der Waals surface area contributed by atoms with Crippen LogP contribution in [0.4, 0.5) is 15.8 Å². The normalized spacial score (nSPS) is 14.4. The first-order valence-electron chi connectivity index (χ1n) is 11.8. The first-order chi connectivity index (χ1) is 17.3. The highest BCUT2D eigenvalue weighted by molar-refractivity contribution is 7.09. The monoisotopic (exact) mass is 509 g/mol. The van der Waals surface area contributed by atoms with Gasteiger partial charge in [-0.05, 0) is 66.2 Å².